The highest BCUT2D eigenvalue weighted by atomic mass is 32.1. The Labute approximate surface area is 83.6 Å². The molecule has 0 radical (unpaired) electrons. The van der Waals surface area contributed by atoms with Crippen molar-refractivity contribution in [3.63, 3.8) is 0 Å². The van der Waals surface area contributed by atoms with E-state index in [0.717, 1.165) is 10.0 Å². The zero-order chi connectivity index (χ0) is 10.0. The first-order valence-corrected chi connectivity index (χ1v) is 5.28. The minimum absolute atomic E-state index is 0.0896. The fourth-order valence-corrected chi connectivity index (χ4v) is 1.83. The van der Waals surface area contributed by atoms with Gasteiger partial charge in [-0.3, -0.25) is 0 Å². The highest BCUT2D eigenvalue weighted by Crippen LogP contribution is 2.26. The van der Waals surface area contributed by atoms with E-state index in [4.69, 9.17) is 5.73 Å². The SMILES string of the molecule is CC(N)c1cnc(N(C)C(C)C)s1. The molecule has 4 heteroatoms. The molecule has 3 nitrogen and oxygen atoms in total. The van der Waals surface area contributed by atoms with Crippen LogP contribution in [0.25, 0.3) is 0 Å². The van der Waals surface area contributed by atoms with Crippen LogP contribution < -0.4 is 10.6 Å². The first-order chi connectivity index (χ1) is 6.02. The normalized spacial score (nSPS) is 13.4. The molecule has 13 heavy (non-hydrogen) atoms. The molecule has 2 N–H and O–H groups in total. The van der Waals surface area contributed by atoms with Crippen molar-refractivity contribution >= 4 is 16.5 Å². The van der Waals surface area contributed by atoms with Crippen LogP contribution >= 0.6 is 11.3 Å². The second-order valence-electron chi connectivity index (χ2n) is 3.54. The van der Waals surface area contributed by atoms with Gasteiger partial charge in [0, 0.05) is 30.2 Å². The molecule has 1 atom stereocenters. The zero-order valence-electron chi connectivity index (χ0n) is 8.61. The van der Waals surface area contributed by atoms with Gasteiger partial charge in [-0.25, -0.2) is 4.98 Å². The summed E-state index contributed by atoms with van der Waals surface area (Å²) in [5, 5.41) is 1.04. The summed E-state index contributed by atoms with van der Waals surface area (Å²) >= 11 is 1.67. The van der Waals surface area contributed by atoms with E-state index in [2.05, 4.69) is 30.8 Å². The van der Waals surface area contributed by atoms with E-state index in [1.165, 1.54) is 0 Å². The molecular weight excluding hydrogens is 182 g/mol. The number of nitrogens with zero attached hydrogens (tertiary/aromatic N) is 2. The van der Waals surface area contributed by atoms with Crippen LogP contribution in [0.3, 0.4) is 0 Å². The summed E-state index contributed by atoms with van der Waals surface area (Å²) in [6.45, 7) is 6.27. The van der Waals surface area contributed by atoms with Crippen molar-refractivity contribution in [2.45, 2.75) is 32.9 Å². The topological polar surface area (TPSA) is 42.1 Å². The molecule has 1 aromatic heterocycles. The van der Waals surface area contributed by atoms with Crippen molar-refractivity contribution in [2.24, 2.45) is 5.73 Å². The van der Waals surface area contributed by atoms with Crippen LogP contribution in [-0.4, -0.2) is 18.1 Å². The van der Waals surface area contributed by atoms with Gasteiger partial charge in [-0.2, -0.15) is 0 Å². The van der Waals surface area contributed by atoms with Gasteiger partial charge < -0.3 is 10.6 Å². The molecule has 1 heterocycles. The molecule has 0 fully saturated rings. The smallest absolute Gasteiger partial charge is 0.185 e. The predicted octanol–water partition coefficient (Wildman–Crippen LogP) is 2.01. The van der Waals surface area contributed by atoms with Crippen LogP contribution in [0.5, 0.6) is 0 Å². The Morgan fingerprint density at radius 1 is 1.46 bits per heavy atom. The van der Waals surface area contributed by atoms with E-state index in [1.807, 2.05) is 13.1 Å². The van der Waals surface area contributed by atoms with Crippen molar-refractivity contribution in [1.29, 1.82) is 0 Å². The van der Waals surface area contributed by atoms with E-state index in [9.17, 15) is 0 Å². The summed E-state index contributed by atoms with van der Waals surface area (Å²) in [7, 11) is 2.05. The minimum atomic E-state index is 0.0896. The Bertz CT molecular complexity index is 268. The Balaban J connectivity index is 2.79. The summed E-state index contributed by atoms with van der Waals surface area (Å²) in [5.74, 6) is 0. The maximum absolute atomic E-state index is 5.76. The van der Waals surface area contributed by atoms with Gasteiger partial charge in [-0.15, -0.1) is 11.3 Å². The maximum Gasteiger partial charge on any atom is 0.185 e. The molecule has 0 saturated heterocycles. The van der Waals surface area contributed by atoms with Crippen LogP contribution in [0.15, 0.2) is 6.20 Å². The first kappa shape index (κ1) is 10.5. The molecule has 0 spiro atoms. The van der Waals surface area contributed by atoms with E-state index < -0.39 is 0 Å². The lowest BCUT2D eigenvalue weighted by Crippen LogP contribution is -2.25. The molecule has 1 aromatic rings. The van der Waals surface area contributed by atoms with Crippen molar-refractivity contribution < 1.29 is 0 Å². The van der Waals surface area contributed by atoms with E-state index in [1.54, 1.807) is 11.3 Å². The lowest BCUT2D eigenvalue weighted by Gasteiger charge is -2.19. The predicted molar refractivity (Wildman–Crippen MR) is 58.3 cm³/mol. The fraction of sp³-hybridized carbons (Fsp3) is 0.667. The third kappa shape index (κ3) is 2.42. The van der Waals surface area contributed by atoms with Crippen LogP contribution in [0.4, 0.5) is 5.13 Å². The molecule has 0 amide bonds. The number of hydrogen-bond acceptors (Lipinski definition) is 4. The Morgan fingerprint density at radius 2 is 2.08 bits per heavy atom. The third-order valence-electron chi connectivity index (χ3n) is 2.04. The Morgan fingerprint density at radius 3 is 2.46 bits per heavy atom. The molecule has 74 valence electrons. The van der Waals surface area contributed by atoms with E-state index in [-0.39, 0.29) is 6.04 Å². The van der Waals surface area contributed by atoms with Gasteiger partial charge in [0.2, 0.25) is 0 Å². The summed E-state index contributed by atoms with van der Waals surface area (Å²) in [4.78, 5) is 7.61. The van der Waals surface area contributed by atoms with E-state index >= 15 is 0 Å². The van der Waals surface area contributed by atoms with Gasteiger partial charge in [-0.1, -0.05) is 0 Å². The second-order valence-corrected chi connectivity index (χ2v) is 4.58. The maximum atomic E-state index is 5.76. The average molecular weight is 199 g/mol. The van der Waals surface area contributed by atoms with Gasteiger partial charge in [-0.05, 0) is 20.8 Å². The number of hydrogen-bond donors (Lipinski definition) is 1. The van der Waals surface area contributed by atoms with Crippen LogP contribution in [-0.2, 0) is 0 Å². The molecule has 1 rings (SSSR count). The second kappa shape index (κ2) is 4.07. The molecular formula is C9H17N3S. The van der Waals surface area contributed by atoms with Gasteiger partial charge in [0.15, 0.2) is 5.13 Å². The number of thiazole rings is 1. The highest BCUT2D eigenvalue weighted by Gasteiger charge is 2.11. The van der Waals surface area contributed by atoms with Gasteiger partial charge >= 0.3 is 0 Å². The van der Waals surface area contributed by atoms with E-state index in [0.29, 0.717) is 6.04 Å². The minimum Gasteiger partial charge on any atom is -0.349 e. The average Bonchev–Trinajstić information content (AvgIpc) is 2.50. The number of nitrogens with two attached hydrogens (primary N) is 1. The quantitative estimate of drug-likeness (QED) is 0.809. The van der Waals surface area contributed by atoms with Crippen molar-refractivity contribution in [2.75, 3.05) is 11.9 Å². The monoisotopic (exact) mass is 199 g/mol. The Kier molecular flexibility index (Phi) is 3.27. The summed E-state index contributed by atoms with van der Waals surface area (Å²) in [6.07, 6.45) is 1.86. The molecule has 0 bridgehead atoms. The fourth-order valence-electron chi connectivity index (χ4n) is 0.871. The number of anilines is 1. The molecule has 1 unspecified atom stereocenters. The lowest BCUT2D eigenvalue weighted by atomic mass is 10.3. The molecule has 0 aromatic carbocycles. The molecule has 0 aliphatic carbocycles. The standard InChI is InChI=1S/C9H17N3S/c1-6(2)12(4)9-11-5-8(13-9)7(3)10/h5-7H,10H2,1-4H3. The van der Waals surface area contributed by atoms with Crippen LogP contribution in [0.2, 0.25) is 0 Å². The zero-order valence-corrected chi connectivity index (χ0v) is 9.43. The summed E-state index contributed by atoms with van der Waals surface area (Å²) < 4.78 is 0. The summed E-state index contributed by atoms with van der Waals surface area (Å²) in [6, 6.07) is 0.568. The molecule has 0 saturated carbocycles. The van der Waals surface area contributed by atoms with Gasteiger partial charge in [0.25, 0.3) is 0 Å². The van der Waals surface area contributed by atoms with Gasteiger partial charge in [0.05, 0.1) is 0 Å². The highest BCUT2D eigenvalue weighted by molar-refractivity contribution is 7.15. The summed E-state index contributed by atoms with van der Waals surface area (Å²) in [5.41, 5.74) is 5.76. The van der Waals surface area contributed by atoms with Crippen molar-refractivity contribution in [1.82, 2.24) is 4.98 Å². The molecule has 0 aliphatic rings. The number of rotatable bonds is 3. The largest absolute Gasteiger partial charge is 0.349 e. The number of aromatic nitrogens is 1. The first-order valence-electron chi connectivity index (χ1n) is 4.46. The third-order valence-corrected chi connectivity index (χ3v) is 3.33. The van der Waals surface area contributed by atoms with Crippen LogP contribution in [0, 0.1) is 0 Å². The lowest BCUT2D eigenvalue weighted by molar-refractivity contribution is 0.751. The van der Waals surface area contributed by atoms with Crippen molar-refractivity contribution in [3.8, 4) is 0 Å². The van der Waals surface area contributed by atoms with Crippen LogP contribution in [0.1, 0.15) is 31.7 Å². The van der Waals surface area contributed by atoms with Crippen molar-refractivity contribution in [3.05, 3.63) is 11.1 Å². The van der Waals surface area contributed by atoms with Gasteiger partial charge in [0.1, 0.15) is 0 Å². The Hall–Kier alpha value is -0.610. The molecule has 0 aliphatic heterocycles.